The van der Waals surface area contributed by atoms with E-state index in [0.29, 0.717) is 18.8 Å². The fourth-order valence-electron chi connectivity index (χ4n) is 4.81. The molecule has 1 aliphatic rings. The van der Waals surface area contributed by atoms with Gasteiger partial charge >= 0.3 is 0 Å². The Labute approximate surface area is 194 Å². The second-order valence-electron chi connectivity index (χ2n) is 9.07. The summed E-state index contributed by atoms with van der Waals surface area (Å²) in [5.41, 5.74) is 4.18. The van der Waals surface area contributed by atoms with Crippen molar-refractivity contribution in [2.75, 3.05) is 0 Å². The Balaban J connectivity index is 1.28. The summed E-state index contributed by atoms with van der Waals surface area (Å²) in [5, 5.41) is 14.9. The summed E-state index contributed by atoms with van der Waals surface area (Å²) in [6.45, 7) is 3.77. The molecule has 1 aromatic heterocycles. The van der Waals surface area contributed by atoms with Gasteiger partial charge in [0, 0.05) is 12.3 Å². The molecule has 3 aromatic rings. The fourth-order valence-corrected chi connectivity index (χ4v) is 4.81. The second kappa shape index (κ2) is 10.5. The zero-order valence-corrected chi connectivity index (χ0v) is 19.3. The highest BCUT2D eigenvalue weighted by molar-refractivity contribution is 5.89. The van der Waals surface area contributed by atoms with Crippen molar-refractivity contribution in [1.82, 2.24) is 25.5 Å². The molecule has 0 unspecified atom stereocenters. The Kier molecular flexibility index (Phi) is 7.27. The molecule has 0 saturated heterocycles. The van der Waals surface area contributed by atoms with Gasteiger partial charge < -0.3 is 5.32 Å². The minimum atomic E-state index is -0.497. The maximum atomic E-state index is 12.8. The number of hydrogen-bond donors (Lipinski definition) is 1. The Bertz CT molecular complexity index is 1080. The molecule has 172 valence electrons. The minimum Gasteiger partial charge on any atom is -0.346 e. The van der Waals surface area contributed by atoms with Gasteiger partial charge in [-0.2, -0.15) is 0 Å². The summed E-state index contributed by atoms with van der Waals surface area (Å²) < 4.78 is 0. The molecule has 3 atom stereocenters. The van der Waals surface area contributed by atoms with E-state index < -0.39 is 6.04 Å². The van der Waals surface area contributed by atoms with Gasteiger partial charge in [-0.1, -0.05) is 48.5 Å². The number of rotatable bonds is 9. The topological polar surface area (TPSA) is 89.8 Å². The Morgan fingerprint density at radius 2 is 1.94 bits per heavy atom. The maximum absolute atomic E-state index is 12.8. The number of hydrogen-bond acceptors (Lipinski definition) is 5. The lowest BCUT2D eigenvalue weighted by Crippen LogP contribution is -2.41. The Morgan fingerprint density at radius 1 is 1.12 bits per heavy atom. The van der Waals surface area contributed by atoms with Crippen molar-refractivity contribution in [2.45, 2.75) is 58.4 Å². The average molecular weight is 446 g/mol. The number of Topliss-reactive ketones (excluding diaryl/α,β-unsaturated/α-hetero) is 1. The molecule has 1 heterocycles. The van der Waals surface area contributed by atoms with Crippen molar-refractivity contribution in [2.24, 2.45) is 11.8 Å². The van der Waals surface area contributed by atoms with Crippen LogP contribution in [0.2, 0.25) is 0 Å². The van der Waals surface area contributed by atoms with E-state index in [1.165, 1.54) is 16.7 Å². The van der Waals surface area contributed by atoms with Crippen LogP contribution in [0.15, 0.2) is 54.9 Å². The number of carbonyl (C=O) groups is 2. The largest absolute Gasteiger partial charge is 0.346 e. The third-order valence-corrected chi connectivity index (χ3v) is 6.63. The molecule has 1 saturated carbocycles. The molecule has 0 bridgehead atoms. The number of amides is 1. The summed E-state index contributed by atoms with van der Waals surface area (Å²) in [5.74, 6) is 0.561. The third-order valence-electron chi connectivity index (χ3n) is 6.63. The van der Waals surface area contributed by atoms with Crippen LogP contribution < -0.4 is 5.32 Å². The average Bonchev–Trinajstić information content (AvgIpc) is 3.50. The van der Waals surface area contributed by atoms with Crippen LogP contribution in [0, 0.1) is 18.8 Å². The van der Waals surface area contributed by atoms with Gasteiger partial charge in [-0.25, -0.2) is 0 Å². The zero-order chi connectivity index (χ0) is 23.2. The highest BCUT2D eigenvalue weighted by Crippen LogP contribution is 2.33. The summed E-state index contributed by atoms with van der Waals surface area (Å²) >= 11 is 0. The van der Waals surface area contributed by atoms with Gasteiger partial charge in [0.1, 0.15) is 0 Å². The van der Waals surface area contributed by atoms with Crippen molar-refractivity contribution in [3.8, 4) is 5.69 Å². The van der Waals surface area contributed by atoms with Crippen LogP contribution >= 0.6 is 0 Å². The van der Waals surface area contributed by atoms with E-state index in [-0.39, 0.29) is 17.6 Å². The lowest BCUT2D eigenvalue weighted by atomic mass is 9.96. The number of ketones is 1. The summed E-state index contributed by atoms with van der Waals surface area (Å²) in [6.07, 6.45) is 6.14. The van der Waals surface area contributed by atoms with Crippen LogP contribution in [0.25, 0.3) is 5.69 Å². The van der Waals surface area contributed by atoms with Gasteiger partial charge in [0.25, 0.3) is 0 Å². The van der Waals surface area contributed by atoms with E-state index in [9.17, 15) is 9.59 Å². The molecule has 4 rings (SSSR count). The van der Waals surface area contributed by atoms with Gasteiger partial charge in [0.05, 0.1) is 11.7 Å². The molecule has 0 radical (unpaired) electrons. The van der Waals surface area contributed by atoms with Crippen molar-refractivity contribution in [1.29, 1.82) is 0 Å². The van der Waals surface area contributed by atoms with Gasteiger partial charge in [0.15, 0.2) is 12.1 Å². The fraction of sp³-hybridized carbons (Fsp3) is 0.423. The number of carbonyl (C=O) groups excluding carboxylic acids is 2. The Hall–Kier alpha value is -3.35. The van der Waals surface area contributed by atoms with Crippen LogP contribution in [0.1, 0.15) is 49.3 Å². The van der Waals surface area contributed by atoms with Crippen molar-refractivity contribution < 1.29 is 9.59 Å². The first-order valence-electron chi connectivity index (χ1n) is 11.7. The molecule has 1 aliphatic carbocycles. The first-order valence-corrected chi connectivity index (χ1v) is 11.7. The standard InChI is InChI=1S/C26H31N5O2/c1-18-7-6-10-22(25(18)31-28-17-27-30-31)13-14-24(32)19(2)29-26(33)23-12-11-21(16-23)15-20-8-4-3-5-9-20/h3-10,17,19,21,23H,11-16H2,1-2H3,(H,29,33)/t19-,21-,23+/m0/s1. The predicted molar refractivity (Wildman–Crippen MR) is 126 cm³/mol. The quantitative estimate of drug-likeness (QED) is 0.543. The SMILES string of the molecule is Cc1cccc(CCC(=O)[C@H](C)NC(=O)[C@@H]2CC[C@@H](Cc3ccccc3)C2)c1-n1ncnn1. The van der Waals surface area contributed by atoms with E-state index in [1.54, 1.807) is 6.92 Å². The number of aromatic nitrogens is 4. The lowest BCUT2D eigenvalue weighted by Gasteiger charge is -2.17. The van der Waals surface area contributed by atoms with Crippen LogP contribution in [-0.2, 0) is 22.4 Å². The van der Waals surface area contributed by atoms with Crippen molar-refractivity contribution >= 4 is 11.7 Å². The van der Waals surface area contributed by atoms with E-state index in [0.717, 1.165) is 42.5 Å². The molecule has 33 heavy (non-hydrogen) atoms. The second-order valence-corrected chi connectivity index (χ2v) is 9.07. The van der Waals surface area contributed by atoms with Gasteiger partial charge in [-0.3, -0.25) is 9.59 Å². The molecule has 0 spiro atoms. The van der Waals surface area contributed by atoms with E-state index in [2.05, 4.69) is 45.0 Å². The van der Waals surface area contributed by atoms with Gasteiger partial charge in [-0.05, 0) is 73.8 Å². The maximum Gasteiger partial charge on any atom is 0.223 e. The normalized spacial score (nSPS) is 18.7. The molecule has 1 amide bonds. The van der Waals surface area contributed by atoms with Crippen LogP contribution in [-0.4, -0.2) is 37.9 Å². The van der Waals surface area contributed by atoms with Crippen molar-refractivity contribution in [3.05, 3.63) is 71.5 Å². The number of tetrazole rings is 1. The van der Waals surface area contributed by atoms with Crippen LogP contribution in [0.3, 0.4) is 0 Å². The number of aryl methyl sites for hydroxylation is 2. The third kappa shape index (κ3) is 5.72. The monoisotopic (exact) mass is 445 g/mol. The summed E-state index contributed by atoms with van der Waals surface area (Å²) in [6, 6.07) is 15.9. The zero-order valence-electron chi connectivity index (χ0n) is 19.3. The van der Waals surface area contributed by atoms with E-state index in [1.807, 2.05) is 31.2 Å². The highest BCUT2D eigenvalue weighted by atomic mass is 16.2. The highest BCUT2D eigenvalue weighted by Gasteiger charge is 2.31. The van der Waals surface area contributed by atoms with Crippen LogP contribution in [0.5, 0.6) is 0 Å². The predicted octanol–water partition coefficient (Wildman–Crippen LogP) is 3.64. The minimum absolute atomic E-state index is 0.00396. The number of benzene rings is 2. The Morgan fingerprint density at radius 3 is 2.70 bits per heavy atom. The molecule has 1 fully saturated rings. The summed E-state index contributed by atoms with van der Waals surface area (Å²) in [7, 11) is 0. The molecule has 0 aliphatic heterocycles. The molecule has 1 N–H and O–H groups in total. The summed E-state index contributed by atoms with van der Waals surface area (Å²) in [4.78, 5) is 27.1. The smallest absolute Gasteiger partial charge is 0.223 e. The molecular weight excluding hydrogens is 414 g/mol. The van der Waals surface area contributed by atoms with E-state index in [4.69, 9.17) is 0 Å². The molecule has 2 aromatic carbocycles. The van der Waals surface area contributed by atoms with Crippen LogP contribution in [0.4, 0.5) is 0 Å². The first-order chi connectivity index (χ1) is 16.0. The number of nitrogens with zero attached hydrogens (tertiary/aromatic N) is 4. The molecular formula is C26H31N5O2. The van der Waals surface area contributed by atoms with Gasteiger partial charge in [0.2, 0.25) is 5.91 Å². The molecule has 7 heteroatoms. The van der Waals surface area contributed by atoms with Gasteiger partial charge in [-0.15, -0.1) is 15.0 Å². The first kappa shape index (κ1) is 22.8. The lowest BCUT2D eigenvalue weighted by molar-refractivity contribution is -0.129. The number of nitrogens with one attached hydrogen (secondary N) is 1. The van der Waals surface area contributed by atoms with Crippen molar-refractivity contribution in [3.63, 3.8) is 0 Å². The molecule has 7 nitrogen and oxygen atoms in total. The van der Waals surface area contributed by atoms with E-state index >= 15 is 0 Å². The number of para-hydroxylation sites is 1.